The van der Waals surface area contributed by atoms with Crippen molar-refractivity contribution < 1.29 is 4.39 Å². The Hall–Kier alpha value is -0.890. The first-order valence-corrected chi connectivity index (χ1v) is 9.47. The number of rotatable bonds is 7. The second-order valence-electron chi connectivity index (χ2n) is 7.21. The summed E-state index contributed by atoms with van der Waals surface area (Å²) in [6, 6.07) is 6.64. The molecule has 0 spiro atoms. The lowest BCUT2D eigenvalue weighted by Gasteiger charge is -2.30. The first kappa shape index (κ1) is 23.1. The van der Waals surface area contributed by atoms with E-state index < -0.39 is 0 Å². The number of hydrogen-bond acceptors (Lipinski definition) is 2. The highest BCUT2D eigenvalue weighted by Crippen LogP contribution is 2.15. The number of benzene rings is 1. The molecule has 1 aromatic carbocycles. The molecule has 1 N–H and O–H groups in total. The van der Waals surface area contributed by atoms with Crippen molar-refractivity contribution in [1.82, 2.24) is 15.1 Å². The van der Waals surface area contributed by atoms with Gasteiger partial charge < -0.3 is 15.1 Å². The summed E-state index contributed by atoms with van der Waals surface area (Å²) in [6.07, 6.45) is 5.10. The second-order valence-corrected chi connectivity index (χ2v) is 7.21. The minimum Gasteiger partial charge on any atom is -0.356 e. The summed E-state index contributed by atoms with van der Waals surface area (Å²) >= 11 is 0. The van der Waals surface area contributed by atoms with Crippen LogP contribution in [0, 0.1) is 11.7 Å². The molecular formula is C20H34FIN4. The van der Waals surface area contributed by atoms with Crippen LogP contribution >= 0.6 is 24.0 Å². The van der Waals surface area contributed by atoms with E-state index in [0.29, 0.717) is 6.54 Å². The van der Waals surface area contributed by atoms with Gasteiger partial charge in [0.15, 0.2) is 5.96 Å². The average Bonchev–Trinajstić information content (AvgIpc) is 2.60. The Bertz CT molecular complexity index is 535. The Balaban J connectivity index is 0.00000338. The van der Waals surface area contributed by atoms with Gasteiger partial charge in [-0.2, -0.15) is 0 Å². The number of nitrogens with one attached hydrogen (secondary N) is 1. The maximum Gasteiger partial charge on any atom is 0.193 e. The van der Waals surface area contributed by atoms with Gasteiger partial charge in [0.25, 0.3) is 0 Å². The van der Waals surface area contributed by atoms with E-state index in [1.165, 1.54) is 51.0 Å². The molecule has 1 unspecified atom stereocenters. The van der Waals surface area contributed by atoms with E-state index in [2.05, 4.69) is 27.0 Å². The van der Waals surface area contributed by atoms with Gasteiger partial charge in [-0.15, -0.1) is 24.0 Å². The van der Waals surface area contributed by atoms with Crippen LogP contribution in [-0.4, -0.2) is 56.0 Å². The fourth-order valence-corrected chi connectivity index (χ4v) is 3.47. The van der Waals surface area contributed by atoms with Crippen LogP contribution < -0.4 is 5.32 Å². The summed E-state index contributed by atoms with van der Waals surface area (Å²) in [5.74, 6) is 1.54. The number of guanidine groups is 1. The fraction of sp³-hybridized carbons (Fsp3) is 0.650. The van der Waals surface area contributed by atoms with E-state index in [1.807, 2.05) is 19.2 Å². The smallest absolute Gasteiger partial charge is 0.193 e. The largest absolute Gasteiger partial charge is 0.356 e. The SMILES string of the molecule is CN=C(NCCCCN1CCCC(C)C1)N(C)Cc1ccc(F)cc1.I. The van der Waals surface area contributed by atoms with Gasteiger partial charge in [0.1, 0.15) is 5.82 Å². The number of nitrogens with zero attached hydrogens (tertiary/aromatic N) is 3. The molecule has 148 valence electrons. The lowest BCUT2D eigenvalue weighted by Crippen LogP contribution is -2.39. The van der Waals surface area contributed by atoms with E-state index in [4.69, 9.17) is 0 Å². The molecule has 0 aliphatic carbocycles. The third-order valence-electron chi connectivity index (χ3n) is 4.83. The summed E-state index contributed by atoms with van der Waals surface area (Å²) < 4.78 is 13.0. The summed E-state index contributed by atoms with van der Waals surface area (Å²) in [4.78, 5) is 9.02. The molecule has 1 fully saturated rings. The Morgan fingerprint density at radius 3 is 2.69 bits per heavy atom. The van der Waals surface area contributed by atoms with E-state index in [-0.39, 0.29) is 29.8 Å². The molecule has 1 aliphatic rings. The van der Waals surface area contributed by atoms with Crippen LogP contribution in [0.4, 0.5) is 4.39 Å². The van der Waals surface area contributed by atoms with Crippen LogP contribution in [0.15, 0.2) is 29.3 Å². The maximum atomic E-state index is 13.0. The molecule has 0 aromatic heterocycles. The number of hydrogen-bond donors (Lipinski definition) is 1. The van der Waals surface area contributed by atoms with Crippen LogP contribution in [0.3, 0.4) is 0 Å². The van der Waals surface area contributed by atoms with Gasteiger partial charge in [-0.05, 0) is 62.4 Å². The maximum absolute atomic E-state index is 13.0. The molecule has 1 saturated heterocycles. The Labute approximate surface area is 175 Å². The molecule has 1 heterocycles. The molecule has 1 aromatic rings. The lowest BCUT2D eigenvalue weighted by atomic mass is 10.0. The van der Waals surface area contributed by atoms with Gasteiger partial charge >= 0.3 is 0 Å². The second kappa shape index (κ2) is 12.5. The predicted octanol–water partition coefficient (Wildman–Crippen LogP) is 3.96. The number of aliphatic imine (C=N–C) groups is 1. The van der Waals surface area contributed by atoms with Crippen LogP contribution in [0.1, 0.15) is 38.2 Å². The van der Waals surface area contributed by atoms with Crippen LogP contribution in [-0.2, 0) is 6.54 Å². The quantitative estimate of drug-likeness (QED) is 0.280. The van der Waals surface area contributed by atoms with E-state index in [0.717, 1.165) is 30.4 Å². The van der Waals surface area contributed by atoms with Crippen LogP contribution in [0.5, 0.6) is 0 Å². The third-order valence-corrected chi connectivity index (χ3v) is 4.83. The molecule has 2 rings (SSSR count). The number of halogens is 2. The van der Waals surface area contributed by atoms with Gasteiger partial charge in [-0.1, -0.05) is 19.1 Å². The van der Waals surface area contributed by atoms with Crippen molar-refractivity contribution in [1.29, 1.82) is 0 Å². The minimum absolute atomic E-state index is 0. The Morgan fingerprint density at radius 1 is 1.31 bits per heavy atom. The van der Waals surface area contributed by atoms with Gasteiger partial charge in [-0.25, -0.2) is 4.39 Å². The molecule has 6 heteroatoms. The van der Waals surface area contributed by atoms with Gasteiger partial charge in [-0.3, -0.25) is 4.99 Å². The molecular weight excluding hydrogens is 442 g/mol. The van der Waals surface area contributed by atoms with Crippen LogP contribution in [0.2, 0.25) is 0 Å². The molecule has 0 saturated carbocycles. The van der Waals surface area contributed by atoms with Crippen molar-refractivity contribution in [2.45, 2.75) is 39.2 Å². The zero-order valence-electron chi connectivity index (χ0n) is 16.4. The van der Waals surface area contributed by atoms with E-state index in [9.17, 15) is 4.39 Å². The Morgan fingerprint density at radius 2 is 2.04 bits per heavy atom. The highest BCUT2D eigenvalue weighted by Gasteiger charge is 2.15. The van der Waals surface area contributed by atoms with Crippen molar-refractivity contribution in [3.05, 3.63) is 35.6 Å². The van der Waals surface area contributed by atoms with Crippen molar-refractivity contribution >= 4 is 29.9 Å². The number of piperidine rings is 1. The highest BCUT2D eigenvalue weighted by atomic mass is 127. The van der Waals surface area contributed by atoms with E-state index >= 15 is 0 Å². The molecule has 0 amide bonds. The first-order valence-electron chi connectivity index (χ1n) is 9.47. The monoisotopic (exact) mass is 476 g/mol. The standard InChI is InChI=1S/C20H33FN4.HI/c1-17-7-6-14-25(15-17)13-5-4-12-23-20(22-2)24(3)16-18-8-10-19(21)11-9-18;/h8-11,17H,4-7,12-16H2,1-3H3,(H,22,23);1H. The first-order chi connectivity index (χ1) is 12.1. The van der Waals surface area contributed by atoms with Gasteiger partial charge in [0.2, 0.25) is 0 Å². The molecule has 26 heavy (non-hydrogen) atoms. The lowest BCUT2D eigenvalue weighted by molar-refractivity contribution is 0.181. The summed E-state index contributed by atoms with van der Waals surface area (Å²) in [5, 5.41) is 3.43. The van der Waals surface area contributed by atoms with Crippen molar-refractivity contribution in [2.24, 2.45) is 10.9 Å². The van der Waals surface area contributed by atoms with E-state index in [1.54, 1.807) is 7.05 Å². The Kier molecular flexibility index (Phi) is 11.1. The average molecular weight is 476 g/mol. The molecule has 4 nitrogen and oxygen atoms in total. The van der Waals surface area contributed by atoms with Crippen LogP contribution in [0.25, 0.3) is 0 Å². The van der Waals surface area contributed by atoms with Crippen molar-refractivity contribution in [3.63, 3.8) is 0 Å². The van der Waals surface area contributed by atoms with Crippen molar-refractivity contribution in [3.8, 4) is 0 Å². The summed E-state index contributed by atoms with van der Waals surface area (Å²) in [5.41, 5.74) is 1.08. The van der Waals surface area contributed by atoms with Gasteiger partial charge in [0, 0.05) is 33.7 Å². The normalized spacial score (nSPS) is 18.3. The number of unbranched alkanes of at least 4 members (excludes halogenated alkanes) is 1. The fourth-order valence-electron chi connectivity index (χ4n) is 3.47. The highest BCUT2D eigenvalue weighted by molar-refractivity contribution is 14.0. The molecule has 0 bridgehead atoms. The molecule has 1 atom stereocenters. The third kappa shape index (κ3) is 8.20. The zero-order chi connectivity index (χ0) is 18.1. The summed E-state index contributed by atoms with van der Waals surface area (Å²) in [6.45, 7) is 7.73. The topological polar surface area (TPSA) is 30.9 Å². The summed E-state index contributed by atoms with van der Waals surface area (Å²) in [7, 11) is 3.81. The van der Waals surface area contributed by atoms with Gasteiger partial charge in [0.05, 0.1) is 0 Å². The molecule has 0 radical (unpaired) electrons. The zero-order valence-corrected chi connectivity index (χ0v) is 18.7. The predicted molar refractivity (Wildman–Crippen MR) is 119 cm³/mol. The van der Waals surface area contributed by atoms with Crippen molar-refractivity contribution in [2.75, 3.05) is 40.3 Å². The minimum atomic E-state index is -0.197. The number of likely N-dealkylation sites (tertiary alicyclic amines) is 1. The molecule has 1 aliphatic heterocycles.